The Balaban J connectivity index is 1.74. The molecule has 1 amide bonds. The summed E-state index contributed by atoms with van der Waals surface area (Å²) in [4.78, 5) is 20.3. The normalized spacial score (nSPS) is 10.3. The molecule has 1 heterocycles. The van der Waals surface area contributed by atoms with Crippen LogP contribution in [-0.2, 0) is 6.54 Å². The Labute approximate surface area is 148 Å². The van der Waals surface area contributed by atoms with Crippen molar-refractivity contribution in [3.05, 3.63) is 83.0 Å². The van der Waals surface area contributed by atoms with E-state index in [1.54, 1.807) is 6.07 Å². The third kappa shape index (κ3) is 4.30. The Morgan fingerprint density at radius 3 is 2.68 bits per heavy atom. The zero-order chi connectivity index (χ0) is 17.6. The Hall–Kier alpha value is -2.99. The fourth-order valence-corrected chi connectivity index (χ4v) is 2.28. The molecule has 3 rings (SSSR count). The van der Waals surface area contributed by atoms with Gasteiger partial charge in [0, 0.05) is 17.8 Å². The van der Waals surface area contributed by atoms with E-state index < -0.39 is 5.91 Å². The molecule has 126 valence electrons. The Morgan fingerprint density at radius 2 is 1.92 bits per heavy atom. The Morgan fingerprint density at radius 1 is 1.16 bits per heavy atom. The van der Waals surface area contributed by atoms with Gasteiger partial charge in [0.15, 0.2) is 0 Å². The van der Waals surface area contributed by atoms with E-state index in [9.17, 15) is 9.18 Å². The van der Waals surface area contributed by atoms with Crippen LogP contribution < -0.4 is 10.1 Å². The van der Waals surface area contributed by atoms with Crippen molar-refractivity contribution in [2.75, 3.05) is 0 Å². The van der Waals surface area contributed by atoms with Gasteiger partial charge in [0.05, 0.1) is 0 Å². The summed E-state index contributed by atoms with van der Waals surface area (Å²) in [5, 5.41) is 3.31. The minimum Gasteiger partial charge on any atom is -0.438 e. The highest BCUT2D eigenvalue weighted by molar-refractivity contribution is 6.31. The number of benzene rings is 2. The Kier molecular flexibility index (Phi) is 5.20. The van der Waals surface area contributed by atoms with Crippen molar-refractivity contribution >= 4 is 17.5 Å². The van der Waals surface area contributed by atoms with Gasteiger partial charge in [0.25, 0.3) is 5.91 Å². The third-order valence-electron chi connectivity index (χ3n) is 3.35. The minimum atomic E-state index is -0.405. The highest BCUT2D eigenvalue weighted by Crippen LogP contribution is 2.22. The molecule has 25 heavy (non-hydrogen) atoms. The van der Waals surface area contributed by atoms with E-state index in [0.717, 1.165) is 5.56 Å². The van der Waals surface area contributed by atoms with Crippen LogP contribution in [0.15, 0.2) is 61.1 Å². The number of ether oxygens (including phenoxy) is 1. The van der Waals surface area contributed by atoms with E-state index in [-0.39, 0.29) is 23.8 Å². The molecule has 0 saturated heterocycles. The topological polar surface area (TPSA) is 64.1 Å². The fraction of sp³-hybridized carbons (Fsp3) is 0.0556. The molecule has 1 N–H and O–H groups in total. The molecule has 3 aromatic rings. The van der Waals surface area contributed by atoms with E-state index in [0.29, 0.717) is 10.8 Å². The van der Waals surface area contributed by atoms with E-state index in [4.69, 9.17) is 16.3 Å². The summed E-state index contributed by atoms with van der Waals surface area (Å²) in [7, 11) is 0. The smallest absolute Gasteiger partial charge is 0.258 e. The number of hydrogen-bond donors (Lipinski definition) is 1. The molecular weight excluding hydrogens is 345 g/mol. The quantitative estimate of drug-likeness (QED) is 0.749. The fourth-order valence-electron chi connectivity index (χ4n) is 2.08. The molecule has 0 radical (unpaired) electrons. The SMILES string of the molecule is O=C(NCc1ccccc1Cl)c1cncnc1Oc1ccc(F)cc1. The van der Waals surface area contributed by atoms with Crippen molar-refractivity contribution in [2.24, 2.45) is 0 Å². The average Bonchev–Trinajstić information content (AvgIpc) is 2.63. The molecular formula is C18H13ClFN3O2. The lowest BCUT2D eigenvalue weighted by Crippen LogP contribution is -2.24. The van der Waals surface area contributed by atoms with Crippen molar-refractivity contribution < 1.29 is 13.9 Å². The van der Waals surface area contributed by atoms with Crippen LogP contribution in [0.3, 0.4) is 0 Å². The van der Waals surface area contributed by atoms with E-state index in [2.05, 4.69) is 15.3 Å². The van der Waals surface area contributed by atoms with Gasteiger partial charge in [-0.3, -0.25) is 4.79 Å². The first-order valence-electron chi connectivity index (χ1n) is 7.38. The molecule has 0 atom stereocenters. The number of amides is 1. The largest absolute Gasteiger partial charge is 0.438 e. The first kappa shape index (κ1) is 16.9. The van der Waals surface area contributed by atoms with Gasteiger partial charge >= 0.3 is 0 Å². The lowest BCUT2D eigenvalue weighted by atomic mass is 10.2. The predicted molar refractivity (Wildman–Crippen MR) is 91.1 cm³/mol. The van der Waals surface area contributed by atoms with Crippen LogP contribution in [0.1, 0.15) is 15.9 Å². The van der Waals surface area contributed by atoms with E-state index in [1.165, 1.54) is 36.8 Å². The second-order valence-corrected chi connectivity index (χ2v) is 5.48. The van der Waals surface area contributed by atoms with Crippen molar-refractivity contribution in [1.29, 1.82) is 0 Å². The standard InChI is InChI=1S/C18H13ClFN3O2/c19-16-4-2-1-3-12(16)9-22-17(24)15-10-21-11-23-18(15)25-14-7-5-13(20)6-8-14/h1-8,10-11H,9H2,(H,22,24). The third-order valence-corrected chi connectivity index (χ3v) is 3.71. The average molecular weight is 358 g/mol. The number of carbonyl (C=O) groups is 1. The molecule has 0 saturated carbocycles. The van der Waals surface area contributed by atoms with E-state index >= 15 is 0 Å². The zero-order valence-corrected chi connectivity index (χ0v) is 13.7. The van der Waals surface area contributed by atoms with Crippen LogP contribution in [-0.4, -0.2) is 15.9 Å². The maximum absolute atomic E-state index is 13.0. The monoisotopic (exact) mass is 357 g/mol. The number of nitrogens with zero attached hydrogens (tertiary/aromatic N) is 2. The van der Waals surface area contributed by atoms with Crippen LogP contribution in [0.5, 0.6) is 11.6 Å². The second kappa shape index (κ2) is 7.72. The summed E-state index contributed by atoms with van der Waals surface area (Å²) in [5.74, 6) is -0.344. The Bertz CT molecular complexity index is 887. The molecule has 0 aliphatic heterocycles. The number of aromatic nitrogens is 2. The summed E-state index contributed by atoms with van der Waals surface area (Å²) in [6, 6.07) is 12.6. The number of carbonyl (C=O) groups excluding carboxylic acids is 1. The molecule has 0 spiro atoms. The molecule has 0 unspecified atom stereocenters. The van der Waals surface area contributed by atoms with Gasteiger partial charge in [-0.2, -0.15) is 0 Å². The minimum absolute atomic E-state index is 0.0817. The first-order valence-corrected chi connectivity index (χ1v) is 7.76. The lowest BCUT2D eigenvalue weighted by molar-refractivity contribution is 0.0947. The van der Waals surface area contributed by atoms with Crippen LogP contribution in [0.25, 0.3) is 0 Å². The lowest BCUT2D eigenvalue weighted by Gasteiger charge is -2.10. The van der Waals surface area contributed by atoms with Gasteiger partial charge < -0.3 is 10.1 Å². The second-order valence-electron chi connectivity index (χ2n) is 5.07. The van der Waals surface area contributed by atoms with Gasteiger partial charge in [-0.15, -0.1) is 0 Å². The van der Waals surface area contributed by atoms with Gasteiger partial charge in [0.1, 0.15) is 23.5 Å². The molecule has 7 heteroatoms. The van der Waals surface area contributed by atoms with Crippen LogP contribution in [0.2, 0.25) is 5.02 Å². The number of nitrogens with one attached hydrogen (secondary N) is 1. The summed E-state index contributed by atoms with van der Waals surface area (Å²) in [5.41, 5.74) is 0.953. The molecule has 0 fully saturated rings. The van der Waals surface area contributed by atoms with Gasteiger partial charge in [-0.25, -0.2) is 14.4 Å². The van der Waals surface area contributed by atoms with Crippen LogP contribution >= 0.6 is 11.6 Å². The molecule has 0 aliphatic rings. The number of rotatable bonds is 5. The summed E-state index contributed by atoms with van der Waals surface area (Å²) in [6.07, 6.45) is 2.62. The zero-order valence-electron chi connectivity index (χ0n) is 12.9. The van der Waals surface area contributed by atoms with Crippen LogP contribution in [0.4, 0.5) is 4.39 Å². The van der Waals surface area contributed by atoms with Crippen molar-refractivity contribution in [2.45, 2.75) is 6.54 Å². The van der Waals surface area contributed by atoms with Crippen molar-refractivity contribution in [3.63, 3.8) is 0 Å². The number of hydrogen-bond acceptors (Lipinski definition) is 4. The molecule has 2 aromatic carbocycles. The predicted octanol–water partition coefficient (Wildman–Crippen LogP) is 3.99. The summed E-state index contributed by atoms with van der Waals surface area (Å²) < 4.78 is 18.5. The van der Waals surface area contributed by atoms with Crippen molar-refractivity contribution in [1.82, 2.24) is 15.3 Å². The van der Waals surface area contributed by atoms with Crippen LogP contribution in [0, 0.1) is 5.82 Å². The highest BCUT2D eigenvalue weighted by atomic mass is 35.5. The van der Waals surface area contributed by atoms with Crippen molar-refractivity contribution in [3.8, 4) is 11.6 Å². The summed E-state index contributed by atoms with van der Waals surface area (Å²) >= 11 is 6.07. The maximum atomic E-state index is 13.0. The molecule has 0 bridgehead atoms. The summed E-state index contributed by atoms with van der Waals surface area (Å²) in [6.45, 7) is 0.253. The first-order chi connectivity index (χ1) is 12.1. The van der Waals surface area contributed by atoms with E-state index in [1.807, 2.05) is 18.2 Å². The molecule has 0 aliphatic carbocycles. The number of halogens is 2. The van der Waals surface area contributed by atoms with Gasteiger partial charge in [0.2, 0.25) is 5.88 Å². The molecule has 5 nitrogen and oxygen atoms in total. The molecule has 1 aromatic heterocycles. The highest BCUT2D eigenvalue weighted by Gasteiger charge is 2.15. The maximum Gasteiger partial charge on any atom is 0.258 e. The van der Waals surface area contributed by atoms with Gasteiger partial charge in [-0.05, 0) is 35.9 Å². The van der Waals surface area contributed by atoms with Gasteiger partial charge in [-0.1, -0.05) is 29.8 Å².